The Labute approximate surface area is 84.0 Å². The maximum absolute atomic E-state index is 10.1. The van der Waals surface area contributed by atoms with E-state index in [9.17, 15) is 4.79 Å². The van der Waals surface area contributed by atoms with E-state index < -0.39 is 12.1 Å². The van der Waals surface area contributed by atoms with Gasteiger partial charge < -0.3 is 15.7 Å². The summed E-state index contributed by atoms with van der Waals surface area (Å²) in [7, 11) is 0. The summed E-state index contributed by atoms with van der Waals surface area (Å²) in [5.41, 5.74) is 6.05. The largest absolute Gasteiger partial charge is 0.477 e. The lowest BCUT2D eigenvalue weighted by molar-refractivity contribution is -0.129. The molecule has 1 rings (SSSR count). The van der Waals surface area contributed by atoms with Crippen LogP contribution < -0.4 is 5.73 Å². The summed E-state index contributed by atoms with van der Waals surface area (Å²) in [6.07, 6.45) is 0.269. The smallest absolute Gasteiger partial charge is 0.350 e. The number of rotatable bonds is 4. The van der Waals surface area contributed by atoms with Gasteiger partial charge in [0, 0.05) is 5.38 Å². The topological polar surface area (TPSA) is 97.8 Å². The molecule has 0 aliphatic heterocycles. The summed E-state index contributed by atoms with van der Waals surface area (Å²) in [6, 6.07) is 0. The SMILES string of the molecule is CC(ON=CC(=O)O)c1csc(N)n1. The lowest BCUT2D eigenvalue weighted by Crippen LogP contribution is -2.00. The first-order valence-corrected chi connectivity index (χ1v) is 4.60. The maximum atomic E-state index is 10.1. The van der Waals surface area contributed by atoms with E-state index in [0.29, 0.717) is 17.0 Å². The fourth-order valence-electron chi connectivity index (χ4n) is 0.708. The molecular weight excluding hydrogens is 206 g/mol. The minimum atomic E-state index is -1.16. The van der Waals surface area contributed by atoms with Crippen molar-refractivity contribution in [1.82, 2.24) is 4.98 Å². The van der Waals surface area contributed by atoms with Crippen LogP contribution >= 0.6 is 11.3 Å². The van der Waals surface area contributed by atoms with Gasteiger partial charge in [-0.25, -0.2) is 9.78 Å². The molecule has 7 heteroatoms. The second kappa shape index (κ2) is 4.56. The highest BCUT2D eigenvalue weighted by atomic mass is 32.1. The van der Waals surface area contributed by atoms with Crippen molar-refractivity contribution in [3.63, 3.8) is 0 Å². The first-order chi connectivity index (χ1) is 6.59. The molecule has 0 saturated carbocycles. The van der Waals surface area contributed by atoms with Gasteiger partial charge in [0.2, 0.25) is 0 Å². The minimum absolute atomic E-state index is 0.404. The molecule has 0 saturated heterocycles. The van der Waals surface area contributed by atoms with E-state index >= 15 is 0 Å². The van der Waals surface area contributed by atoms with Crippen LogP contribution in [0.1, 0.15) is 18.7 Å². The molecule has 0 bridgehead atoms. The first kappa shape index (κ1) is 10.5. The van der Waals surface area contributed by atoms with Crippen LogP contribution in [0, 0.1) is 0 Å². The average molecular weight is 215 g/mol. The number of anilines is 1. The van der Waals surface area contributed by atoms with Crippen molar-refractivity contribution in [3.05, 3.63) is 11.1 Å². The molecule has 0 radical (unpaired) electrons. The van der Waals surface area contributed by atoms with Gasteiger partial charge in [0.1, 0.15) is 0 Å². The summed E-state index contributed by atoms with van der Waals surface area (Å²) in [6.45, 7) is 1.70. The van der Waals surface area contributed by atoms with Crippen molar-refractivity contribution >= 4 is 28.7 Å². The van der Waals surface area contributed by atoms with Crippen LogP contribution in [0.4, 0.5) is 5.13 Å². The average Bonchev–Trinajstić information content (AvgIpc) is 2.51. The third-order valence-corrected chi connectivity index (χ3v) is 2.03. The van der Waals surface area contributed by atoms with E-state index in [4.69, 9.17) is 15.7 Å². The molecule has 14 heavy (non-hydrogen) atoms. The Balaban J connectivity index is 2.50. The van der Waals surface area contributed by atoms with E-state index in [1.165, 1.54) is 11.3 Å². The molecule has 6 nitrogen and oxygen atoms in total. The van der Waals surface area contributed by atoms with Crippen molar-refractivity contribution in [1.29, 1.82) is 0 Å². The number of carboxylic acids is 1. The second-order valence-corrected chi connectivity index (χ2v) is 3.32. The molecule has 1 atom stereocenters. The molecule has 1 aromatic heterocycles. The quantitative estimate of drug-likeness (QED) is 0.573. The van der Waals surface area contributed by atoms with Gasteiger partial charge >= 0.3 is 5.97 Å². The Morgan fingerprint density at radius 2 is 2.64 bits per heavy atom. The number of aliphatic carboxylic acids is 1. The number of carbonyl (C=O) groups is 1. The molecule has 0 amide bonds. The zero-order valence-corrected chi connectivity index (χ0v) is 8.19. The summed E-state index contributed by atoms with van der Waals surface area (Å²) >= 11 is 1.29. The highest BCUT2D eigenvalue weighted by Crippen LogP contribution is 2.20. The van der Waals surface area contributed by atoms with Gasteiger partial charge in [-0.1, -0.05) is 5.16 Å². The fraction of sp³-hybridized carbons (Fsp3) is 0.286. The van der Waals surface area contributed by atoms with Gasteiger partial charge in [-0.2, -0.15) is 0 Å². The predicted octanol–water partition coefficient (Wildman–Crippen LogP) is 0.873. The van der Waals surface area contributed by atoms with Crippen LogP contribution in [-0.2, 0) is 9.63 Å². The number of hydrogen-bond donors (Lipinski definition) is 2. The van der Waals surface area contributed by atoms with Crippen LogP contribution in [-0.4, -0.2) is 22.3 Å². The number of hydrogen-bond acceptors (Lipinski definition) is 6. The van der Waals surface area contributed by atoms with Crippen LogP contribution in [0.25, 0.3) is 0 Å². The van der Waals surface area contributed by atoms with E-state index in [1.807, 2.05) is 0 Å². The van der Waals surface area contributed by atoms with Gasteiger partial charge in [0.15, 0.2) is 17.5 Å². The van der Waals surface area contributed by atoms with Crippen LogP contribution in [0.3, 0.4) is 0 Å². The lowest BCUT2D eigenvalue weighted by atomic mass is 10.3. The highest BCUT2D eigenvalue weighted by Gasteiger charge is 2.09. The molecule has 1 heterocycles. The Kier molecular flexibility index (Phi) is 3.41. The third kappa shape index (κ3) is 3.02. The summed E-state index contributed by atoms with van der Waals surface area (Å²) in [5.74, 6) is -1.16. The number of nitrogen functional groups attached to an aromatic ring is 1. The van der Waals surface area contributed by atoms with Gasteiger partial charge in [-0.05, 0) is 6.92 Å². The van der Waals surface area contributed by atoms with Crippen LogP contribution in [0.2, 0.25) is 0 Å². The van der Waals surface area contributed by atoms with Crippen molar-refractivity contribution in [2.75, 3.05) is 5.73 Å². The van der Waals surface area contributed by atoms with Crippen molar-refractivity contribution in [3.8, 4) is 0 Å². The number of aromatic nitrogens is 1. The van der Waals surface area contributed by atoms with Crippen molar-refractivity contribution in [2.45, 2.75) is 13.0 Å². The Bertz CT molecular complexity index is 350. The number of thiazole rings is 1. The summed E-state index contributed by atoms with van der Waals surface area (Å²) in [5, 5.41) is 13.7. The lowest BCUT2D eigenvalue weighted by Gasteiger charge is -2.04. The number of carboxylic acid groups (broad SMARTS) is 1. The van der Waals surface area contributed by atoms with Crippen LogP contribution in [0.5, 0.6) is 0 Å². The predicted molar refractivity (Wildman–Crippen MR) is 52.2 cm³/mol. The van der Waals surface area contributed by atoms with Gasteiger partial charge in [0.25, 0.3) is 0 Å². The van der Waals surface area contributed by atoms with Crippen molar-refractivity contribution in [2.24, 2.45) is 5.16 Å². The number of nitrogens with two attached hydrogens (primary N) is 1. The fourth-order valence-corrected chi connectivity index (χ4v) is 1.35. The zero-order chi connectivity index (χ0) is 10.6. The molecule has 0 aliphatic carbocycles. The zero-order valence-electron chi connectivity index (χ0n) is 7.38. The second-order valence-electron chi connectivity index (χ2n) is 2.43. The van der Waals surface area contributed by atoms with E-state index in [0.717, 1.165) is 0 Å². The Morgan fingerprint density at radius 3 is 3.14 bits per heavy atom. The third-order valence-electron chi connectivity index (χ3n) is 1.34. The van der Waals surface area contributed by atoms with Gasteiger partial charge in [-0.3, -0.25) is 0 Å². The van der Waals surface area contributed by atoms with E-state index in [1.54, 1.807) is 12.3 Å². The minimum Gasteiger partial charge on any atom is -0.477 e. The molecular formula is C7H9N3O3S. The standard InChI is InChI=1S/C7H9N3O3S/c1-4(13-9-2-6(11)12)5-3-14-7(8)10-5/h2-4H,1H3,(H2,8,10)(H,11,12). The van der Waals surface area contributed by atoms with Crippen molar-refractivity contribution < 1.29 is 14.7 Å². The monoisotopic (exact) mass is 215 g/mol. The highest BCUT2D eigenvalue weighted by molar-refractivity contribution is 7.13. The summed E-state index contributed by atoms with van der Waals surface area (Å²) < 4.78 is 0. The Morgan fingerprint density at radius 1 is 1.93 bits per heavy atom. The summed E-state index contributed by atoms with van der Waals surface area (Å²) in [4.78, 5) is 18.8. The molecule has 76 valence electrons. The van der Waals surface area contributed by atoms with Gasteiger partial charge in [-0.15, -0.1) is 11.3 Å². The molecule has 0 fully saturated rings. The molecule has 1 unspecified atom stereocenters. The normalized spacial score (nSPS) is 12.9. The van der Waals surface area contributed by atoms with E-state index in [-0.39, 0.29) is 0 Å². The maximum Gasteiger partial charge on any atom is 0.350 e. The molecule has 0 spiro atoms. The van der Waals surface area contributed by atoms with Gasteiger partial charge in [0.05, 0.1) is 5.69 Å². The number of nitrogens with zero attached hydrogens (tertiary/aromatic N) is 2. The van der Waals surface area contributed by atoms with E-state index in [2.05, 4.69) is 10.1 Å². The molecule has 1 aromatic rings. The molecule has 0 aromatic carbocycles. The molecule has 3 N–H and O–H groups in total. The Hall–Kier alpha value is -1.63. The van der Waals surface area contributed by atoms with Crippen LogP contribution in [0.15, 0.2) is 10.5 Å². The first-order valence-electron chi connectivity index (χ1n) is 3.72. The number of oxime groups is 1. The molecule has 0 aliphatic rings.